The van der Waals surface area contributed by atoms with Crippen LogP contribution in [0.5, 0.6) is 0 Å². The third kappa shape index (κ3) is 2.01. The minimum Gasteiger partial charge on any atom is -0.288 e. The number of pyridine rings is 1. The molecule has 0 aliphatic carbocycles. The molecule has 18 heavy (non-hydrogen) atoms. The van der Waals surface area contributed by atoms with Gasteiger partial charge >= 0.3 is 0 Å². The lowest BCUT2D eigenvalue weighted by molar-refractivity contribution is 0.103. The van der Waals surface area contributed by atoms with Crippen molar-refractivity contribution in [3.63, 3.8) is 0 Å². The molecule has 0 atom stereocenters. The molecule has 0 saturated heterocycles. The van der Waals surface area contributed by atoms with E-state index in [1.54, 1.807) is 13.0 Å². The summed E-state index contributed by atoms with van der Waals surface area (Å²) in [7, 11) is 0. The second kappa shape index (κ2) is 4.64. The van der Waals surface area contributed by atoms with Gasteiger partial charge in [-0.2, -0.15) is 0 Å². The molecule has 0 fully saturated rings. The highest BCUT2D eigenvalue weighted by molar-refractivity contribution is 6.10. The first-order chi connectivity index (χ1) is 8.52. The first-order valence-electron chi connectivity index (χ1n) is 5.43. The van der Waals surface area contributed by atoms with Crippen LogP contribution in [0.25, 0.3) is 0 Å². The second-order valence-electron chi connectivity index (χ2n) is 4.02. The van der Waals surface area contributed by atoms with Gasteiger partial charge in [-0.3, -0.25) is 9.78 Å². The molecule has 2 nitrogen and oxygen atoms in total. The van der Waals surface area contributed by atoms with Crippen LogP contribution >= 0.6 is 0 Å². The third-order valence-corrected chi connectivity index (χ3v) is 2.76. The van der Waals surface area contributed by atoms with E-state index in [0.717, 1.165) is 6.07 Å². The number of rotatable bonds is 2. The smallest absolute Gasteiger partial charge is 0.200 e. The molecule has 0 bridgehead atoms. The number of hydrogen-bond acceptors (Lipinski definition) is 2. The van der Waals surface area contributed by atoms with Crippen molar-refractivity contribution in [1.29, 1.82) is 0 Å². The van der Waals surface area contributed by atoms with Crippen LogP contribution < -0.4 is 0 Å². The van der Waals surface area contributed by atoms with Crippen molar-refractivity contribution in [1.82, 2.24) is 4.98 Å². The van der Waals surface area contributed by atoms with Crippen LogP contribution in [0.1, 0.15) is 27.2 Å². The summed E-state index contributed by atoms with van der Waals surface area (Å²) in [6.45, 7) is 3.11. The first-order valence-corrected chi connectivity index (χ1v) is 5.43. The molecule has 0 unspecified atom stereocenters. The number of aromatic nitrogens is 1. The van der Waals surface area contributed by atoms with Gasteiger partial charge in [0.15, 0.2) is 0 Å². The predicted molar refractivity (Wildman–Crippen MR) is 63.5 cm³/mol. The van der Waals surface area contributed by atoms with Gasteiger partial charge in [-0.15, -0.1) is 0 Å². The van der Waals surface area contributed by atoms with E-state index in [9.17, 15) is 13.6 Å². The molecular formula is C14H11F2NO. The summed E-state index contributed by atoms with van der Waals surface area (Å²) in [5.41, 5.74) is 0.371. The molecule has 2 rings (SSSR count). The van der Waals surface area contributed by atoms with Crippen LogP contribution in [0.15, 0.2) is 30.5 Å². The van der Waals surface area contributed by atoms with E-state index < -0.39 is 23.0 Å². The quantitative estimate of drug-likeness (QED) is 0.763. The zero-order chi connectivity index (χ0) is 13.3. The molecule has 92 valence electrons. The molecule has 4 heteroatoms. The Labute approximate surface area is 103 Å². The Morgan fingerprint density at radius 2 is 1.89 bits per heavy atom. The summed E-state index contributed by atoms with van der Waals surface area (Å²) in [4.78, 5) is 16.1. The highest BCUT2D eigenvalue weighted by Gasteiger charge is 2.21. The molecule has 1 aromatic carbocycles. The summed E-state index contributed by atoms with van der Waals surface area (Å²) in [6.07, 6.45) is 1.52. The average molecular weight is 247 g/mol. The number of hydrogen-bond donors (Lipinski definition) is 0. The molecule has 0 saturated carbocycles. The van der Waals surface area contributed by atoms with Crippen molar-refractivity contribution in [2.24, 2.45) is 0 Å². The topological polar surface area (TPSA) is 30.0 Å². The molecule has 1 aromatic heterocycles. The van der Waals surface area contributed by atoms with E-state index >= 15 is 0 Å². The fourth-order valence-electron chi connectivity index (χ4n) is 1.72. The van der Waals surface area contributed by atoms with E-state index in [-0.39, 0.29) is 11.1 Å². The lowest BCUT2D eigenvalue weighted by atomic mass is 9.99. The van der Waals surface area contributed by atoms with Crippen molar-refractivity contribution >= 4 is 5.78 Å². The number of aryl methyl sites for hydroxylation is 2. The Morgan fingerprint density at radius 1 is 1.17 bits per heavy atom. The summed E-state index contributed by atoms with van der Waals surface area (Å²) in [6, 6.07) is 5.46. The lowest BCUT2D eigenvalue weighted by Gasteiger charge is -2.07. The van der Waals surface area contributed by atoms with Crippen molar-refractivity contribution in [2.45, 2.75) is 13.8 Å². The molecular weight excluding hydrogens is 236 g/mol. The Bertz CT molecular complexity index is 623. The fourth-order valence-corrected chi connectivity index (χ4v) is 1.72. The van der Waals surface area contributed by atoms with E-state index in [2.05, 4.69) is 4.98 Å². The van der Waals surface area contributed by atoms with Crippen LogP contribution in [0.4, 0.5) is 8.78 Å². The molecule has 0 radical (unpaired) electrons. The number of carbonyl (C=O) groups excluding carboxylic acids is 1. The number of carbonyl (C=O) groups is 1. The number of benzene rings is 1. The third-order valence-electron chi connectivity index (χ3n) is 2.76. The van der Waals surface area contributed by atoms with Crippen molar-refractivity contribution in [3.05, 3.63) is 64.5 Å². The minimum atomic E-state index is -0.855. The van der Waals surface area contributed by atoms with Gasteiger partial charge < -0.3 is 0 Å². The van der Waals surface area contributed by atoms with Crippen LogP contribution in [0, 0.1) is 25.5 Å². The monoisotopic (exact) mass is 247 g/mol. The van der Waals surface area contributed by atoms with Gasteiger partial charge in [0.2, 0.25) is 5.78 Å². The fraction of sp³-hybridized carbons (Fsp3) is 0.143. The maximum absolute atomic E-state index is 13.8. The molecule has 2 aromatic rings. The number of nitrogens with zero attached hydrogens (tertiary/aromatic N) is 1. The summed E-state index contributed by atoms with van der Waals surface area (Å²) >= 11 is 0. The lowest BCUT2D eigenvalue weighted by Crippen LogP contribution is -2.10. The largest absolute Gasteiger partial charge is 0.288 e. The molecule has 1 heterocycles. The number of halogens is 2. The molecule has 0 aliphatic rings. The van der Waals surface area contributed by atoms with Crippen LogP contribution in [0.3, 0.4) is 0 Å². The predicted octanol–water partition coefficient (Wildman–Crippen LogP) is 3.21. The molecule has 0 aliphatic heterocycles. The van der Waals surface area contributed by atoms with Gasteiger partial charge in [-0.1, -0.05) is 6.07 Å². The van der Waals surface area contributed by atoms with Gasteiger partial charge in [0.1, 0.15) is 11.6 Å². The maximum Gasteiger partial charge on any atom is 0.200 e. The zero-order valence-electron chi connectivity index (χ0n) is 10.00. The van der Waals surface area contributed by atoms with E-state index in [1.165, 1.54) is 25.3 Å². The van der Waals surface area contributed by atoms with Gasteiger partial charge in [0, 0.05) is 17.5 Å². The van der Waals surface area contributed by atoms with E-state index in [4.69, 9.17) is 0 Å². The van der Waals surface area contributed by atoms with Gasteiger partial charge in [-0.05, 0) is 37.6 Å². The first kappa shape index (κ1) is 12.4. The van der Waals surface area contributed by atoms with Crippen molar-refractivity contribution < 1.29 is 13.6 Å². The second-order valence-corrected chi connectivity index (χ2v) is 4.02. The van der Waals surface area contributed by atoms with Crippen LogP contribution in [0.2, 0.25) is 0 Å². The summed E-state index contributed by atoms with van der Waals surface area (Å²) in [5.74, 6) is -2.35. The van der Waals surface area contributed by atoms with E-state index in [0.29, 0.717) is 5.69 Å². The highest BCUT2D eigenvalue weighted by Crippen LogP contribution is 2.20. The highest BCUT2D eigenvalue weighted by atomic mass is 19.1. The van der Waals surface area contributed by atoms with Crippen LogP contribution in [-0.4, -0.2) is 10.8 Å². The normalized spacial score (nSPS) is 10.4. The van der Waals surface area contributed by atoms with Gasteiger partial charge in [0.05, 0.1) is 5.56 Å². The molecule has 0 spiro atoms. The Balaban J connectivity index is 2.61. The Morgan fingerprint density at radius 3 is 2.56 bits per heavy atom. The minimum absolute atomic E-state index is 0.209. The Kier molecular flexibility index (Phi) is 3.19. The maximum atomic E-state index is 13.8. The summed E-state index contributed by atoms with van der Waals surface area (Å²) < 4.78 is 27.5. The average Bonchev–Trinajstić information content (AvgIpc) is 2.35. The Hall–Kier alpha value is -2.10. The zero-order valence-corrected chi connectivity index (χ0v) is 10.00. The summed E-state index contributed by atoms with van der Waals surface area (Å²) in [5, 5.41) is 0. The molecule has 0 N–H and O–H groups in total. The SMILES string of the molecule is Cc1ccc(F)c(C(=O)c2cccnc2C)c1F. The number of ketones is 1. The standard InChI is InChI=1S/C14H11F2NO/c1-8-5-6-11(15)12(13(8)16)14(18)10-4-3-7-17-9(10)2/h3-7H,1-2H3. The van der Waals surface area contributed by atoms with E-state index in [1.807, 2.05) is 0 Å². The van der Waals surface area contributed by atoms with Gasteiger partial charge in [0.25, 0.3) is 0 Å². The molecule has 0 amide bonds. The van der Waals surface area contributed by atoms with Crippen LogP contribution in [-0.2, 0) is 0 Å². The van der Waals surface area contributed by atoms with Crippen molar-refractivity contribution in [2.75, 3.05) is 0 Å². The van der Waals surface area contributed by atoms with Gasteiger partial charge in [-0.25, -0.2) is 8.78 Å². The van der Waals surface area contributed by atoms with Crippen molar-refractivity contribution in [3.8, 4) is 0 Å².